The van der Waals surface area contributed by atoms with Gasteiger partial charge >= 0.3 is 0 Å². The fourth-order valence-electron chi connectivity index (χ4n) is 2.99. The highest BCUT2D eigenvalue weighted by molar-refractivity contribution is 7.92. The lowest BCUT2D eigenvalue weighted by atomic mass is 10.0. The van der Waals surface area contributed by atoms with Crippen LogP contribution in [0.2, 0.25) is 0 Å². The molecule has 0 aliphatic heterocycles. The minimum Gasteiger partial charge on any atom is -0.264 e. The highest BCUT2D eigenvalue weighted by Crippen LogP contribution is 2.30. The minimum atomic E-state index is -3.86. The summed E-state index contributed by atoms with van der Waals surface area (Å²) in [4.78, 5) is 5.02. The number of hydrogen-bond acceptors (Lipinski definition) is 6. The normalized spacial score (nSPS) is 13.5. The molecule has 3 aromatic rings. The second-order valence-corrected chi connectivity index (χ2v) is 12.7. The molecule has 0 aliphatic carbocycles. The molecule has 0 spiro atoms. The van der Waals surface area contributed by atoms with Gasteiger partial charge in [0.15, 0.2) is 9.84 Å². The van der Waals surface area contributed by atoms with Crippen LogP contribution in [0.15, 0.2) is 70.0 Å². The van der Waals surface area contributed by atoms with Gasteiger partial charge in [-0.1, -0.05) is 32.0 Å². The van der Waals surface area contributed by atoms with Crippen LogP contribution in [0.1, 0.15) is 41.0 Å². The maximum atomic E-state index is 13.4. The molecule has 30 heavy (non-hydrogen) atoms. The summed E-state index contributed by atoms with van der Waals surface area (Å²) in [6.07, 6.45) is 3.00. The summed E-state index contributed by atoms with van der Waals surface area (Å²) >= 11 is 1.14. The summed E-state index contributed by atoms with van der Waals surface area (Å²) < 4.78 is 54.8. The Kier molecular flexibility index (Phi) is 6.76. The Balaban J connectivity index is 1.95. The maximum Gasteiger partial charge on any atom is 0.250 e. The number of aromatic nitrogens is 1. The molecule has 0 aliphatic rings. The van der Waals surface area contributed by atoms with Crippen LogP contribution in [0.5, 0.6) is 0 Å². The highest BCUT2D eigenvalue weighted by Gasteiger charge is 2.31. The van der Waals surface area contributed by atoms with Gasteiger partial charge in [-0.05, 0) is 54.3 Å². The number of aryl methyl sites for hydroxylation is 1. The van der Waals surface area contributed by atoms with Gasteiger partial charge in [0, 0.05) is 23.8 Å². The topological polar surface area (TPSA) is 93.2 Å². The molecule has 2 aromatic heterocycles. The van der Waals surface area contributed by atoms with Crippen molar-refractivity contribution in [3.05, 3.63) is 76.9 Å². The molecule has 6 nitrogen and oxygen atoms in total. The standard InChI is InChI=1S/C21H24N2O4S3/c1-15(2)17-7-9-19(10-8-17)29(24,25)20(18-5-4-12-22-13-18)14-23-30(26,27)21-11-6-16(3)28-21/h4-13,15,20,23H,14H2,1-3H3. The van der Waals surface area contributed by atoms with Crippen LogP contribution in [0.3, 0.4) is 0 Å². The molecule has 1 N–H and O–H groups in total. The molecular weight excluding hydrogens is 440 g/mol. The monoisotopic (exact) mass is 464 g/mol. The Morgan fingerprint density at radius 3 is 2.20 bits per heavy atom. The van der Waals surface area contributed by atoms with Gasteiger partial charge in [-0.3, -0.25) is 4.98 Å². The van der Waals surface area contributed by atoms with Crippen LogP contribution < -0.4 is 4.72 Å². The van der Waals surface area contributed by atoms with Crippen molar-refractivity contribution in [2.75, 3.05) is 6.54 Å². The van der Waals surface area contributed by atoms with Crippen LogP contribution in [0, 0.1) is 6.92 Å². The Morgan fingerprint density at radius 2 is 1.67 bits per heavy atom. The predicted molar refractivity (Wildman–Crippen MR) is 119 cm³/mol. The molecule has 1 aromatic carbocycles. The average Bonchev–Trinajstić information content (AvgIpc) is 3.16. The summed E-state index contributed by atoms with van der Waals surface area (Å²) in [5.41, 5.74) is 1.45. The number of pyridine rings is 1. The molecule has 2 heterocycles. The number of nitrogens with zero attached hydrogens (tertiary/aromatic N) is 1. The molecule has 0 radical (unpaired) electrons. The second-order valence-electron chi connectivity index (χ2n) is 7.26. The van der Waals surface area contributed by atoms with Gasteiger partial charge < -0.3 is 0 Å². The highest BCUT2D eigenvalue weighted by atomic mass is 32.2. The van der Waals surface area contributed by atoms with E-state index in [0.29, 0.717) is 5.56 Å². The van der Waals surface area contributed by atoms with Crippen molar-refractivity contribution in [1.29, 1.82) is 0 Å². The van der Waals surface area contributed by atoms with Crippen molar-refractivity contribution in [2.45, 2.75) is 41.0 Å². The molecule has 9 heteroatoms. The zero-order valence-corrected chi connectivity index (χ0v) is 19.4. The number of rotatable bonds is 8. The SMILES string of the molecule is Cc1ccc(S(=O)(=O)NCC(c2cccnc2)S(=O)(=O)c2ccc(C(C)C)cc2)s1. The van der Waals surface area contributed by atoms with Gasteiger partial charge in [0.2, 0.25) is 10.0 Å². The molecule has 0 bridgehead atoms. The third-order valence-electron chi connectivity index (χ3n) is 4.75. The molecule has 0 saturated heterocycles. The van der Waals surface area contributed by atoms with Gasteiger partial charge in [0.25, 0.3) is 0 Å². The van der Waals surface area contributed by atoms with Gasteiger partial charge in [0.05, 0.1) is 4.90 Å². The van der Waals surface area contributed by atoms with E-state index in [1.165, 1.54) is 12.3 Å². The Morgan fingerprint density at radius 1 is 0.967 bits per heavy atom. The van der Waals surface area contributed by atoms with E-state index in [-0.39, 0.29) is 21.6 Å². The van der Waals surface area contributed by atoms with Crippen LogP contribution in [0.25, 0.3) is 0 Å². The summed E-state index contributed by atoms with van der Waals surface area (Å²) in [6.45, 7) is 5.58. The van der Waals surface area contributed by atoms with Crippen LogP contribution >= 0.6 is 11.3 Å². The molecule has 160 valence electrons. The fourth-order valence-corrected chi connectivity index (χ4v) is 7.12. The summed E-state index contributed by atoms with van der Waals surface area (Å²) in [6, 6.07) is 13.2. The first-order valence-corrected chi connectivity index (χ1v) is 13.3. The average molecular weight is 465 g/mol. The van der Waals surface area contributed by atoms with Crippen molar-refractivity contribution < 1.29 is 16.8 Å². The number of thiophene rings is 1. The first-order valence-electron chi connectivity index (χ1n) is 9.41. The summed E-state index contributed by atoms with van der Waals surface area (Å²) in [7, 11) is -7.68. The first kappa shape index (κ1) is 22.6. The third kappa shape index (κ3) is 4.97. The largest absolute Gasteiger partial charge is 0.264 e. The molecule has 1 atom stereocenters. The van der Waals surface area contributed by atoms with Crippen molar-refractivity contribution in [3.63, 3.8) is 0 Å². The van der Waals surface area contributed by atoms with E-state index in [0.717, 1.165) is 21.8 Å². The van der Waals surface area contributed by atoms with E-state index in [4.69, 9.17) is 0 Å². The lowest BCUT2D eigenvalue weighted by molar-refractivity contribution is 0.569. The molecule has 0 saturated carbocycles. The number of sulfonamides is 1. The number of nitrogens with one attached hydrogen (secondary N) is 1. The number of benzene rings is 1. The van der Waals surface area contributed by atoms with Gasteiger partial charge in [-0.25, -0.2) is 21.6 Å². The molecular formula is C21H24N2O4S3. The summed E-state index contributed by atoms with van der Waals surface area (Å²) in [5, 5.41) is -1.10. The minimum absolute atomic E-state index is 0.145. The van der Waals surface area contributed by atoms with Crippen molar-refractivity contribution >= 4 is 31.2 Å². The second kappa shape index (κ2) is 8.97. The van der Waals surface area contributed by atoms with Crippen molar-refractivity contribution in [2.24, 2.45) is 0 Å². The zero-order valence-electron chi connectivity index (χ0n) is 16.9. The lowest BCUT2D eigenvalue weighted by Crippen LogP contribution is -2.31. The van der Waals surface area contributed by atoms with Gasteiger partial charge in [-0.15, -0.1) is 11.3 Å². The Hall–Kier alpha value is -2.07. The van der Waals surface area contributed by atoms with E-state index < -0.39 is 25.1 Å². The van der Waals surface area contributed by atoms with Gasteiger partial charge in [0.1, 0.15) is 9.46 Å². The number of sulfone groups is 1. The maximum absolute atomic E-state index is 13.4. The van der Waals surface area contributed by atoms with E-state index in [1.54, 1.807) is 48.7 Å². The zero-order chi connectivity index (χ0) is 21.9. The van der Waals surface area contributed by atoms with Crippen molar-refractivity contribution in [3.8, 4) is 0 Å². The molecule has 0 amide bonds. The quantitative estimate of drug-likeness (QED) is 0.542. The smallest absolute Gasteiger partial charge is 0.250 e. The van der Waals surface area contributed by atoms with Crippen LogP contribution in [0.4, 0.5) is 0 Å². The van der Waals surface area contributed by atoms with Gasteiger partial charge in [-0.2, -0.15) is 0 Å². The Labute approximate surface area is 182 Å². The van der Waals surface area contributed by atoms with E-state index >= 15 is 0 Å². The van der Waals surface area contributed by atoms with Crippen molar-refractivity contribution in [1.82, 2.24) is 9.71 Å². The fraction of sp³-hybridized carbons (Fsp3) is 0.286. The molecule has 1 unspecified atom stereocenters. The van der Waals surface area contributed by atoms with E-state index in [2.05, 4.69) is 9.71 Å². The van der Waals surface area contributed by atoms with Crippen LogP contribution in [-0.4, -0.2) is 28.4 Å². The predicted octanol–water partition coefficient (Wildman–Crippen LogP) is 4.07. The lowest BCUT2D eigenvalue weighted by Gasteiger charge is -2.19. The van der Waals surface area contributed by atoms with E-state index in [9.17, 15) is 16.8 Å². The van der Waals surface area contributed by atoms with Crippen LogP contribution in [-0.2, 0) is 19.9 Å². The Bertz CT molecular complexity index is 1200. The first-order chi connectivity index (χ1) is 14.1. The summed E-state index contributed by atoms with van der Waals surface area (Å²) in [5.74, 6) is 0.275. The third-order valence-corrected chi connectivity index (χ3v) is 9.78. The van der Waals surface area contributed by atoms with E-state index in [1.807, 2.05) is 20.8 Å². The number of hydrogen-bond donors (Lipinski definition) is 1. The molecule has 3 rings (SSSR count). The molecule has 0 fully saturated rings.